The second-order valence-electron chi connectivity index (χ2n) is 6.02. The molecule has 0 spiro atoms. The highest BCUT2D eigenvalue weighted by atomic mass is 16.4. The van der Waals surface area contributed by atoms with Crippen LogP contribution in [0.1, 0.15) is 33.3 Å². The van der Waals surface area contributed by atoms with Gasteiger partial charge in [0, 0.05) is 23.3 Å². The molecule has 1 unspecified atom stereocenters. The molecule has 1 heterocycles. The fraction of sp³-hybridized carbons (Fsp3) is 0.533. The minimum Gasteiger partial charge on any atom is -0.508 e. The van der Waals surface area contributed by atoms with Gasteiger partial charge >= 0.3 is 5.97 Å². The highest BCUT2D eigenvalue weighted by Gasteiger charge is 2.46. The Morgan fingerprint density at radius 2 is 2.05 bits per heavy atom. The van der Waals surface area contributed by atoms with Gasteiger partial charge in [0.2, 0.25) is 0 Å². The summed E-state index contributed by atoms with van der Waals surface area (Å²) in [6, 6.07) is 5.46. The molecule has 0 radical (unpaired) electrons. The van der Waals surface area contributed by atoms with Gasteiger partial charge in [-0.1, -0.05) is 6.07 Å². The Hall–Kier alpha value is -1.71. The molecular formula is C15H21NO3. The third kappa shape index (κ3) is 2.05. The van der Waals surface area contributed by atoms with E-state index in [0.717, 1.165) is 11.3 Å². The number of aliphatic carboxylic acids is 1. The van der Waals surface area contributed by atoms with Crippen molar-refractivity contribution in [3.05, 3.63) is 23.8 Å². The Morgan fingerprint density at radius 1 is 1.42 bits per heavy atom. The molecule has 0 saturated carbocycles. The number of phenols is 1. The summed E-state index contributed by atoms with van der Waals surface area (Å²) in [5.74, 6) is -0.553. The van der Waals surface area contributed by atoms with Gasteiger partial charge in [0.05, 0.1) is 5.41 Å². The van der Waals surface area contributed by atoms with Crippen LogP contribution >= 0.6 is 0 Å². The molecule has 1 aromatic rings. The molecule has 0 amide bonds. The van der Waals surface area contributed by atoms with Crippen molar-refractivity contribution in [1.29, 1.82) is 0 Å². The predicted molar refractivity (Wildman–Crippen MR) is 74.6 cm³/mol. The van der Waals surface area contributed by atoms with Gasteiger partial charge in [-0.3, -0.25) is 4.79 Å². The number of phenolic OH excluding ortho intramolecular Hbond substituents is 1. The first-order valence-electron chi connectivity index (χ1n) is 6.59. The number of rotatable bonds is 3. The van der Waals surface area contributed by atoms with Crippen LogP contribution in [-0.2, 0) is 11.2 Å². The molecule has 104 valence electrons. The molecule has 4 heteroatoms. The number of aromatic hydroxyl groups is 1. The summed E-state index contributed by atoms with van der Waals surface area (Å²) in [7, 11) is 0. The summed E-state index contributed by atoms with van der Waals surface area (Å²) in [5, 5.41) is 19.4. The van der Waals surface area contributed by atoms with Crippen LogP contribution in [0.3, 0.4) is 0 Å². The van der Waals surface area contributed by atoms with Crippen molar-refractivity contribution < 1.29 is 15.0 Å². The molecule has 1 aromatic carbocycles. The van der Waals surface area contributed by atoms with Crippen LogP contribution in [-0.4, -0.2) is 28.3 Å². The van der Waals surface area contributed by atoms with Crippen molar-refractivity contribution in [2.24, 2.45) is 5.41 Å². The van der Waals surface area contributed by atoms with Crippen LogP contribution < -0.4 is 4.90 Å². The van der Waals surface area contributed by atoms with Gasteiger partial charge in [-0.15, -0.1) is 0 Å². The molecule has 0 aliphatic carbocycles. The molecule has 1 aliphatic rings. The topological polar surface area (TPSA) is 60.8 Å². The van der Waals surface area contributed by atoms with Gasteiger partial charge in [-0.05, 0) is 46.2 Å². The van der Waals surface area contributed by atoms with Crippen molar-refractivity contribution in [2.45, 2.75) is 46.2 Å². The van der Waals surface area contributed by atoms with Crippen molar-refractivity contribution in [2.75, 3.05) is 4.90 Å². The summed E-state index contributed by atoms with van der Waals surface area (Å²) in [6.07, 6.45) is 0.569. The van der Waals surface area contributed by atoms with Crippen molar-refractivity contribution >= 4 is 11.7 Å². The van der Waals surface area contributed by atoms with Crippen molar-refractivity contribution in [1.82, 2.24) is 0 Å². The van der Waals surface area contributed by atoms with Gasteiger partial charge in [-0.2, -0.15) is 0 Å². The summed E-state index contributed by atoms with van der Waals surface area (Å²) in [5.41, 5.74) is 0.945. The van der Waals surface area contributed by atoms with Gasteiger partial charge < -0.3 is 15.1 Å². The molecule has 2 N–H and O–H groups in total. The third-order valence-corrected chi connectivity index (χ3v) is 4.08. The number of hydrogen-bond acceptors (Lipinski definition) is 3. The van der Waals surface area contributed by atoms with Gasteiger partial charge in [0.15, 0.2) is 0 Å². The minimum absolute atomic E-state index is 0.145. The highest BCUT2D eigenvalue weighted by Crippen LogP contribution is 2.44. The quantitative estimate of drug-likeness (QED) is 0.880. The molecule has 1 aliphatic heterocycles. The van der Waals surface area contributed by atoms with E-state index >= 15 is 0 Å². The molecular weight excluding hydrogens is 242 g/mol. The standard InChI is InChI=1S/C15H21NO3/c1-9(2)16-11-6-5-7-12(17)10(11)8-13(16)15(3,4)14(18)19/h5-7,9,13,17H,8H2,1-4H3,(H,18,19). The van der Waals surface area contributed by atoms with Crippen LogP contribution in [0.5, 0.6) is 5.75 Å². The van der Waals surface area contributed by atoms with E-state index in [2.05, 4.69) is 4.90 Å². The maximum absolute atomic E-state index is 11.5. The zero-order chi connectivity index (χ0) is 14.4. The lowest BCUT2D eigenvalue weighted by atomic mass is 9.82. The second-order valence-corrected chi connectivity index (χ2v) is 6.02. The summed E-state index contributed by atoms with van der Waals surface area (Å²) < 4.78 is 0. The normalized spacial score (nSPS) is 18.8. The summed E-state index contributed by atoms with van der Waals surface area (Å²) in [6.45, 7) is 7.59. The van der Waals surface area contributed by atoms with Crippen LogP contribution in [0.2, 0.25) is 0 Å². The SMILES string of the molecule is CC(C)N1c2cccc(O)c2CC1C(C)(C)C(=O)O. The summed E-state index contributed by atoms with van der Waals surface area (Å²) in [4.78, 5) is 13.6. The lowest BCUT2D eigenvalue weighted by molar-refractivity contribution is -0.148. The number of carbonyl (C=O) groups is 1. The van der Waals surface area contributed by atoms with E-state index in [0.29, 0.717) is 6.42 Å². The zero-order valence-electron chi connectivity index (χ0n) is 11.8. The number of nitrogens with zero attached hydrogens (tertiary/aromatic N) is 1. The molecule has 2 rings (SSSR count). The lowest BCUT2D eigenvalue weighted by Gasteiger charge is -2.39. The fourth-order valence-electron chi connectivity index (χ4n) is 2.86. The predicted octanol–water partition coefficient (Wildman–Crippen LogP) is 2.64. The van der Waals surface area contributed by atoms with E-state index < -0.39 is 11.4 Å². The van der Waals surface area contributed by atoms with Gasteiger partial charge in [-0.25, -0.2) is 0 Å². The highest BCUT2D eigenvalue weighted by molar-refractivity contribution is 5.78. The lowest BCUT2D eigenvalue weighted by Crippen LogP contribution is -2.50. The summed E-state index contributed by atoms with van der Waals surface area (Å²) >= 11 is 0. The van der Waals surface area contributed by atoms with Crippen LogP contribution in [0.4, 0.5) is 5.69 Å². The molecule has 0 fully saturated rings. The Morgan fingerprint density at radius 3 is 2.58 bits per heavy atom. The van der Waals surface area contributed by atoms with Crippen LogP contribution in [0.15, 0.2) is 18.2 Å². The van der Waals surface area contributed by atoms with Gasteiger partial charge in [0.1, 0.15) is 5.75 Å². The first kappa shape index (κ1) is 13.7. The van der Waals surface area contributed by atoms with Crippen LogP contribution in [0, 0.1) is 5.41 Å². The monoisotopic (exact) mass is 263 g/mol. The molecule has 0 aromatic heterocycles. The van der Waals surface area contributed by atoms with Crippen LogP contribution in [0.25, 0.3) is 0 Å². The Labute approximate surface area is 113 Å². The van der Waals surface area contributed by atoms with Gasteiger partial charge in [0.25, 0.3) is 0 Å². The number of fused-ring (bicyclic) bond motifs is 1. The Kier molecular flexibility index (Phi) is 3.20. The van der Waals surface area contributed by atoms with Crippen molar-refractivity contribution in [3.8, 4) is 5.75 Å². The van der Waals surface area contributed by atoms with E-state index in [4.69, 9.17) is 0 Å². The average molecular weight is 263 g/mol. The second kappa shape index (κ2) is 4.44. The van der Waals surface area contributed by atoms with E-state index in [1.807, 2.05) is 19.9 Å². The number of anilines is 1. The number of benzene rings is 1. The van der Waals surface area contributed by atoms with E-state index in [1.165, 1.54) is 0 Å². The van der Waals surface area contributed by atoms with E-state index in [-0.39, 0.29) is 17.8 Å². The average Bonchev–Trinajstić information content (AvgIpc) is 2.70. The smallest absolute Gasteiger partial charge is 0.311 e. The first-order valence-corrected chi connectivity index (χ1v) is 6.59. The number of carboxylic acids is 1. The number of hydrogen-bond donors (Lipinski definition) is 2. The molecule has 4 nitrogen and oxygen atoms in total. The Bertz CT molecular complexity index is 508. The van der Waals surface area contributed by atoms with E-state index in [9.17, 15) is 15.0 Å². The molecule has 1 atom stereocenters. The molecule has 19 heavy (non-hydrogen) atoms. The Balaban J connectivity index is 2.51. The largest absolute Gasteiger partial charge is 0.508 e. The van der Waals surface area contributed by atoms with Crippen molar-refractivity contribution in [3.63, 3.8) is 0 Å². The molecule has 0 saturated heterocycles. The fourth-order valence-corrected chi connectivity index (χ4v) is 2.86. The third-order valence-electron chi connectivity index (χ3n) is 4.08. The van der Waals surface area contributed by atoms with E-state index in [1.54, 1.807) is 26.0 Å². The number of carboxylic acid groups (broad SMARTS) is 1. The zero-order valence-corrected chi connectivity index (χ0v) is 11.8. The maximum Gasteiger partial charge on any atom is 0.311 e. The maximum atomic E-state index is 11.5. The molecule has 0 bridgehead atoms. The minimum atomic E-state index is -0.865. The first-order chi connectivity index (χ1) is 8.76.